The molecule has 0 aliphatic carbocycles. The van der Waals surface area contributed by atoms with E-state index < -0.39 is 5.97 Å². The molecule has 0 bridgehead atoms. The first-order valence-electron chi connectivity index (χ1n) is 13.2. The third-order valence-electron chi connectivity index (χ3n) is 6.70. The number of carboxylic acids is 1. The Morgan fingerprint density at radius 2 is 1.49 bits per heavy atom. The Labute approximate surface area is 244 Å². The second-order valence-corrected chi connectivity index (χ2v) is 9.81. The van der Waals surface area contributed by atoms with Crippen LogP contribution in [0.3, 0.4) is 0 Å². The van der Waals surface area contributed by atoms with Gasteiger partial charge in [0.2, 0.25) is 0 Å². The number of ether oxygens (including phenoxy) is 1. The first-order valence-corrected chi connectivity index (χ1v) is 13.6. The Morgan fingerprint density at radius 1 is 0.829 bits per heavy atom. The number of halogens is 1. The number of carbonyl (C=O) groups excluding carboxylic acids is 2. The van der Waals surface area contributed by atoms with E-state index in [0.29, 0.717) is 46.0 Å². The van der Waals surface area contributed by atoms with E-state index >= 15 is 0 Å². The molecule has 41 heavy (non-hydrogen) atoms. The van der Waals surface area contributed by atoms with Crippen LogP contribution >= 0.6 is 11.6 Å². The Kier molecular flexibility index (Phi) is 10.1. The second-order valence-electron chi connectivity index (χ2n) is 9.40. The van der Waals surface area contributed by atoms with Gasteiger partial charge in [-0.15, -0.1) is 0 Å². The number of nitrogens with zero attached hydrogens (tertiary/aromatic N) is 1. The van der Waals surface area contributed by atoms with Crippen molar-refractivity contribution in [1.29, 1.82) is 0 Å². The van der Waals surface area contributed by atoms with Gasteiger partial charge in [0, 0.05) is 35.8 Å². The van der Waals surface area contributed by atoms with Crippen molar-refractivity contribution < 1.29 is 24.2 Å². The molecule has 0 atom stereocenters. The van der Waals surface area contributed by atoms with Crippen LogP contribution in [0.5, 0.6) is 5.75 Å². The van der Waals surface area contributed by atoms with Crippen LogP contribution in [0.1, 0.15) is 38.3 Å². The third kappa shape index (κ3) is 7.74. The summed E-state index contributed by atoms with van der Waals surface area (Å²) >= 11 is 6.25. The molecule has 4 aromatic carbocycles. The highest BCUT2D eigenvalue weighted by Crippen LogP contribution is 2.29. The lowest BCUT2D eigenvalue weighted by molar-refractivity contribution is -0.137. The third-order valence-corrected chi connectivity index (χ3v) is 7.07. The number of methoxy groups -OCH3 is 1. The van der Waals surface area contributed by atoms with E-state index in [2.05, 4.69) is 5.32 Å². The lowest BCUT2D eigenvalue weighted by Gasteiger charge is -2.24. The Balaban J connectivity index is 1.61. The molecule has 0 radical (unpaired) electrons. The summed E-state index contributed by atoms with van der Waals surface area (Å²) in [5, 5.41) is 12.8. The molecule has 4 aromatic rings. The van der Waals surface area contributed by atoms with Crippen LogP contribution in [0.2, 0.25) is 5.02 Å². The van der Waals surface area contributed by atoms with Gasteiger partial charge < -0.3 is 20.1 Å². The zero-order valence-corrected chi connectivity index (χ0v) is 23.4. The van der Waals surface area contributed by atoms with Crippen molar-refractivity contribution >= 4 is 29.4 Å². The van der Waals surface area contributed by atoms with Gasteiger partial charge in [-0.2, -0.15) is 0 Å². The number of nitrogens with one attached hydrogen (secondary N) is 1. The van der Waals surface area contributed by atoms with Crippen molar-refractivity contribution in [2.24, 2.45) is 0 Å². The molecule has 0 heterocycles. The Morgan fingerprint density at radius 3 is 2.20 bits per heavy atom. The first kappa shape index (κ1) is 29.4. The maximum absolute atomic E-state index is 13.9. The molecule has 0 unspecified atom stereocenters. The Hall–Kier alpha value is -4.62. The van der Waals surface area contributed by atoms with Crippen LogP contribution in [0.4, 0.5) is 0 Å². The molecule has 0 spiro atoms. The van der Waals surface area contributed by atoms with Crippen molar-refractivity contribution in [3.63, 3.8) is 0 Å². The molecule has 0 saturated carbocycles. The van der Waals surface area contributed by atoms with Crippen LogP contribution in [0, 0.1) is 0 Å². The fourth-order valence-corrected chi connectivity index (χ4v) is 4.74. The zero-order valence-electron chi connectivity index (χ0n) is 22.7. The maximum Gasteiger partial charge on any atom is 0.305 e. The van der Waals surface area contributed by atoms with E-state index in [1.165, 1.54) is 0 Å². The summed E-state index contributed by atoms with van der Waals surface area (Å²) in [6.07, 6.45) is 0.332. The van der Waals surface area contributed by atoms with Crippen molar-refractivity contribution in [1.82, 2.24) is 10.2 Å². The van der Waals surface area contributed by atoms with Crippen molar-refractivity contribution in [2.75, 3.05) is 20.2 Å². The quantitative estimate of drug-likeness (QED) is 0.214. The van der Waals surface area contributed by atoms with Crippen LogP contribution in [0.15, 0.2) is 97.1 Å². The van der Waals surface area contributed by atoms with Gasteiger partial charge in [-0.3, -0.25) is 14.4 Å². The number of benzene rings is 4. The lowest BCUT2D eigenvalue weighted by atomic mass is 9.94. The van der Waals surface area contributed by atoms with E-state index in [1.807, 2.05) is 54.6 Å². The average Bonchev–Trinajstić information content (AvgIpc) is 3.00. The summed E-state index contributed by atoms with van der Waals surface area (Å²) < 4.78 is 5.30. The van der Waals surface area contributed by atoms with Gasteiger partial charge in [0.1, 0.15) is 5.75 Å². The summed E-state index contributed by atoms with van der Waals surface area (Å²) in [6, 6.07) is 29.0. The number of carbonyl (C=O) groups is 3. The largest absolute Gasteiger partial charge is 0.497 e. The number of amides is 2. The molecule has 0 saturated heterocycles. The molecule has 4 rings (SSSR count). The number of carboxylic acid groups (broad SMARTS) is 1. The predicted molar refractivity (Wildman–Crippen MR) is 159 cm³/mol. The van der Waals surface area contributed by atoms with Gasteiger partial charge in [0.25, 0.3) is 11.8 Å². The van der Waals surface area contributed by atoms with Gasteiger partial charge in [-0.1, -0.05) is 78.3 Å². The molecule has 2 N–H and O–H groups in total. The van der Waals surface area contributed by atoms with Gasteiger partial charge in [-0.05, 0) is 59.0 Å². The van der Waals surface area contributed by atoms with Gasteiger partial charge in [0.05, 0.1) is 13.5 Å². The van der Waals surface area contributed by atoms with Crippen LogP contribution < -0.4 is 10.1 Å². The smallest absolute Gasteiger partial charge is 0.305 e. The minimum absolute atomic E-state index is 0.0481. The van der Waals surface area contributed by atoms with Crippen LogP contribution in [-0.2, 0) is 17.8 Å². The van der Waals surface area contributed by atoms with Crippen molar-refractivity contribution in [3.05, 3.63) is 124 Å². The number of aliphatic carboxylic acids is 1. The van der Waals surface area contributed by atoms with Gasteiger partial charge >= 0.3 is 5.97 Å². The molecule has 2 amide bonds. The molecule has 0 fully saturated rings. The minimum atomic E-state index is -0.988. The molecule has 8 heteroatoms. The molecular formula is C33H31ClN2O5. The molecule has 0 aliphatic heterocycles. The highest BCUT2D eigenvalue weighted by atomic mass is 35.5. The molecule has 210 valence electrons. The van der Waals surface area contributed by atoms with E-state index in [0.717, 1.165) is 11.1 Å². The maximum atomic E-state index is 13.9. The van der Waals surface area contributed by atoms with Crippen LogP contribution in [0.25, 0.3) is 11.1 Å². The molecular weight excluding hydrogens is 540 g/mol. The summed E-state index contributed by atoms with van der Waals surface area (Å²) in [5.74, 6) is -0.891. The minimum Gasteiger partial charge on any atom is -0.497 e. The summed E-state index contributed by atoms with van der Waals surface area (Å²) in [5.41, 5.74) is 3.73. The predicted octanol–water partition coefficient (Wildman–Crippen LogP) is 6.11. The van der Waals surface area contributed by atoms with E-state index in [9.17, 15) is 19.5 Å². The molecule has 0 aromatic heterocycles. The van der Waals surface area contributed by atoms with Gasteiger partial charge in [0.15, 0.2) is 0 Å². The van der Waals surface area contributed by atoms with Gasteiger partial charge in [-0.25, -0.2) is 0 Å². The molecule has 0 aliphatic rings. The monoisotopic (exact) mass is 570 g/mol. The number of rotatable bonds is 12. The highest BCUT2D eigenvalue weighted by molar-refractivity contribution is 6.31. The average molecular weight is 571 g/mol. The van der Waals surface area contributed by atoms with E-state index in [1.54, 1.807) is 54.5 Å². The summed E-state index contributed by atoms with van der Waals surface area (Å²) in [4.78, 5) is 40.2. The zero-order chi connectivity index (χ0) is 29.2. The first-order chi connectivity index (χ1) is 19.9. The van der Waals surface area contributed by atoms with E-state index in [4.69, 9.17) is 16.3 Å². The topological polar surface area (TPSA) is 95.9 Å². The normalized spacial score (nSPS) is 10.6. The number of hydrogen-bond acceptors (Lipinski definition) is 4. The lowest BCUT2D eigenvalue weighted by Crippen LogP contribution is -2.35. The number of hydrogen-bond donors (Lipinski definition) is 2. The fourth-order valence-electron chi connectivity index (χ4n) is 4.54. The summed E-state index contributed by atoms with van der Waals surface area (Å²) in [7, 11) is 1.59. The van der Waals surface area contributed by atoms with Crippen molar-refractivity contribution in [2.45, 2.75) is 19.4 Å². The second kappa shape index (κ2) is 14.1. The Bertz CT molecular complexity index is 1540. The molecule has 7 nitrogen and oxygen atoms in total. The fraction of sp³-hybridized carbons (Fsp3) is 0.182. The van der Waals surface area contributed by atoms with Crippen molar-refractivity contribution in [3.8, 4) is 16.9 Å². The van der Waals surface area contributed by atoms with E-state index in [-0.39, 0.29) is 31.3 Å². The highest BCUT2D eigenvalue weighted by Gasteiger charge is 2.22. The SMILES string of the molecule is COc1cccc(CCN(CCC(=O)O)C(=O)c2ccccc2-c2ccccc2C(=O)NCc2ccccc2Cl)c1. The standard InChI is InChI=1S/C33H31ClN2O5/c1-41-25-11-8-9-23(21-25)17-19-36(20-18-31(37)38)33(40)29-15-6-4-13-27(29)26-12-3-5-14-28(26)32(39)35-22-24-10-2-7-16-30(24)34/h2-16,21H,17-20,22H2,1H3,(H,35,39)(H,37,38). The summed E-state index contributed by atoms with van der Waals surface area (Å²) in [6.45, 7) is 0.612. The van der Waals surface area contributed by atoms with Crippen LogP contribution in [-0.4, -0.2) is 48.0 Å².